The maximum Gasteiger partial charge on any atom is 0.147 e. The van der Waals surface area contributed by atoms with Gasteiger partial charge in [-0.2, -0.15) is 0 Å². The number of nitrogens with one attached hydrogen (secondary N) is 1. The van der Waals surface area contributed by atoms with Crippen molar-refractivity contribution < 1.29 is 8.78 Å². The van der Waals surface area contributed by atoms with E-state index in [4.69, 9.17) is 11.6 Å². The van der Waals surface area contributed by atoms with Gasteiger partial charge in [0.1, 0.15) is 11.6 Å². The first kappa shape index (κ1) is 12.5. The van der Waals surface area contributed by atoms with Crippen LogP contribution in [0.25, 0.3) is 0 Å². The number of hydrogen-bond acceptors (Lipinski definition) is 1. The van der Waals surface area contributed by atoms with E-state index in [1.54, 1.807) is 12.2 Å². The minimum absolute atomic E-state index is 0.113. The Kier molecular flexibility index (Phi) is 5.05. The highest BCUT2D eigenvalue weighted by molar-refractivity contribution is 9.10. The molecule has 0 amide bonds. The Hall–Kier alpha value is -0.610. The van der Waals surface area contributed by atoms with Crippen molar-refractivity contribution in [1.82, 2.24) is 0 Å². The van der Waals surface area contributed by atoms with Gasteiger partial charge in [0.05, 0.1) is 10.2 Å². The molecular weight excluding hydrogens is 287 g/mol. The monoisotopic (exact) mass is 295 g/mol. The van der Waals surface area contributed by atoms with E-state index in [2.05, 4.69) is 21.2 Å². The van der Waals surface area contributed by atoms with E-state index in [1.165, 1.54) is 0 Å². The summed E-state index contributed by atoms with van der Waals surface area (Å²) in [4.78, 5) is 0. The first-order valence-electron chi connectivity index (χ1n) is 4.24. The van der Waals surface area contributed by atoms with E-state index >= 15 is 0 Å². The molecule has 0 aliphatic carbocycles. The molecule has 0 atom stereocenters. The molecule has 0 aromatic heterocycles. The van der Waals surface area contributed by atoms with Crippen LogP contribution in [0.2, 0.25) is 0 Å². The van der Waals surface area contributed by atoms with Gasteiger partial charge in [-0.1, -0.05) is 12.2 Å². The third-order valence-electron chi connectivity index (χ3n) is 1.68. The first-order chi connectivity index (χ1) is 7.15. The van der Waals surface area contributed by atoms with Gasteiger partial charge in [-0.25, -0.2) is 8.78 Å². The molecule has 0 heterocycles. The molecule has 0 radical (unpaired) electrons. The number of anilines is 1. The average molecular weight is 297 g/mol. The summed E-state index contributed by atoms with van der Waals surface area (Å²) in [5, 5.41) is 2.73. The lowest BCUT2D eigenvalue weighted by atomic mass is 10.3. The van der Waals surface area contributed by atoms with Crippen LogP contribution >= 0.6 is 27.5 Å². The van der Waals surface area contributed by atoms with Gasteiger partial charge < -0.3 is 5.32 Å². The Balaban J connectivity index is 2.69. The molecule has 0 spiro atoms. The molecule has 1 nitrogen and oxygen atoms in total. The summed E-state index contributed by atoms with van der Waals surface area (Å²) < 4.78 is 26.4. The predicted molar refractivity (Wildman–Crippen MR) is 62.4 cm³/mol. The number of allylic oxidation sites excluding steroid dienone is 1. The molecule has 82 valence electrons. The summed E-state index contributed by atoms with van der Waals surface area (Å²) in [6.45, 7) is 0.407. The largest absolute Gasteiger partial charge is 0.379 e. The van der Waals surface area contributed by atoms with Gasteiger partial charge in [0, 0.05) is 18.5 Å². The maximum absolute atomic E-state index is 13.2. The van der Waals surface area contributed by atoms with E-state index in [0.29, 0.717) is 12.4 Å². The summed E-state index contributed by atoms with van der Waals surface area (Å²) in [7, 11) is 0. The predicted octanol–water partition coefficient (Wildman–Crippen LogP) is 3.93. The highest BCUT2D eigenvalue weighted by Crippen LogP contribution is 2.23. The second kappa shape index (κ2) is 6.08. The molecule has 0 aliphatic rings. The molecular formula is C10H9BrClF2N. The van der Waals surface area contributed by atoms with Gasteiger partial charge in [0.2, 0.25) is 0 Å². The van der Waals surface area contributed by atoms with Crippen molar-refractivity contribution in [2.24, 2.45) is 0 Å². The molecule has 0 bridgehead atoms. The molecule has 1 aromatic rings. The number of alkyl halides is 1. The fraction of sp³-hybridized carbons (Fsp3) is 0.200. The van der Waals surface area contributed by atoms with E-state index in [9.17, 15) is 8.78 Å². The first-order valence-corrected chi connectivity index (χ1v) is 5.57. The van der Waals surface area contributed by atoms with Crippen molar-refractivity contribution in [3.8, 4) is 0 Å². The SMILES string of the molecule is Fc1cc(NC/C=C/CCl)c(F)cc1Br. The normalized spacial score (nSPS) is 10.9. The lowest BCUT2D eigenvalue weighted by Gasteiger charge is -2.05. The molecule has 5 heteroatoms. The molecule has 0 fully saturated rings. The van der Waals surface area contributed by atoms with Crippen molar-refractivity contribution in [3.63, 3.8) is 0 Å². The Bertz CT molecular complexity index is 369. The van der Waals surface area contributed by atoms with E-state index < -0.39 is 11.6 Å². The summed E-state index contributed by atoms with van der Waals surface area (Å²) in [5.74, 6) is -0.596. The maximum atomic E-state index is 13.2. The number of hydrogen-bond donors (Lipinski definition) is 1. The zero-order valence-electron chi connectivity index (χ0n) is 7.74. The van der Waals surface area contributed by atoms with Crippen LogP contribution < -0.4 is 5.32 Å². The quantitative estimate of drug-likeness (QED) is 0.504. The van der Waals surface area contributed by atoms with Crippen LogP contribution in [0.1, 0.15) is 0 Å². The standard InChI is InChI=1S/C10H9BrClF2N/c11-7-5-9(14)10(6-8(7)13)15-4-2-1-3-12/h1-2,5-6,15H,3-4H2/b2-1+. The molecule has 1 rings (SSSR count). The van der Waals surface area contributed by atoms with Crippen molar-refractivity contribution in [2.75, 3.05) is 17.7 Å². The van der Waals surface area contributed by atoms with Gasteiger partial charge in [0.15, 0.2) is 0 Å². The minimum Gasteiger partial charge on any atom is -0.379 e. The fourth-order valence-corrected chi connectivity index (χ4v) is 1.41. The van der Waals surface area contributed by atoms with Gasteiger partial charge >= 0.3 is 0 Å². The van der Waals surface area contributed by atoms with Crippen LogP contribution in [-0.4, -0.2) is 12.4 Å². The highest BCUT2D eigenvalue weighted by atomic mass is 79.9. The van der Waals surface area contributed by atoms with Gasteiger partial charge in [-0.3, -0.25) is 0 Å². The van der Waals surface area contributed by atoms with E-state index in [-0.39, 0.29) is 10.2 Å². The van der Waals surface area contributed by atoms with Crippen LogP contribution in [0.5, 0.6) is 0 Å². The third kappa shape index (κ3) is 3.80. The van der Waals surface area contributed by atoms with Gasteiger partial charge in [0.25, 0.3) is 0 Å². The lowest BCUT2D eigenvalue weighted by molar-refractivity contribution is 0.597. The number of benzene rings is 1. The second-order valence-corrected chi connectivity index (χ2v) is 3.92. The zero-order valence-corrected chi connectivity index (χ0v) is 10.1. The Labute approximate surface area is 100 Å². The molecule has 0 saturated heterocycles. The Morgan fingerprint density at radius 2 is 2.00 bits per heavy atom. The fourth-order valence-electron chi connectivity index (χ4n) is 0.973. The van der Waals surface area contributed by atoms with Crippen molar-refractivity contribution in [3.05, 3.63) is 40.4 Å². The number of halogens is 4. The summed E-state index contributed by atoms with van der Waals surface area (Å²) in [6.07, 6.45) is 3.47. The lowest BCUT2D eigenvalue weighted by Crippen LogP contribution is -2.01. The Morgan fingerprint density at radius 3 is 2.67 bits per heavy atom. The third-order valence-corrected chi connectivity index (χ3v) is 2.46. The summed E-state index contributed by atoms with van der Waals surface area (Å²) in [5.41, 5.74) is 0.134. The van der Waals surface area contributed by atoms with Crippen LogP contribution in [0.3, 0.4) is 0 Å². The van der Waals surface area contributed by atoms with Crippen molar-refractivity contribution >= 4 is 33.2 Å². The van der Waals surface area contributed by atoms with Gasteiger partial charge in [-0.05, 0) is 22.0 Å². The molecule has 15 heavy (non-hydrogen) atoms. The van der Waals surface area contributed by atoms with Gasteiger partial charge in [-0.15, -0.1) is 11.6 Å². The van der Waals surface area contributed by atoms with Crippen molar-refractivity contribution in [2.45, 2.75) is 0 Å². The molecule has 0 unspecified atom stereocenters. The molecule has 1 N–H and O–H groups in total. The Morgan fingerprint density at radius 1 is 1.27 bits per heavy atom. The van der Waals surface area contributed by atoms with E-state index in [1.807, 2.05) is 0 Å². The smallest absolute Gasteiger partial charge is 0.147 e. The van der Waals surface area contributed by atoms with Crippen LogP contribution in [-0.2, 0) is 0 Å². The topological polar surface area (TPSA) is 12.0 Å². The number of rotatable bonds is 4. The highest BCUT2D eigenvalue weighted by Gasteiger charge is 2.06. The van der Waals surface area contributed by atoms with Crippen LogP contribution in [0, 0.1) is 11.6 Å². The van der Waals surface area contributed by atoms with Crippen molar-refractivity contribution in [1.29, 1.82) is 0 Å². The summed E-state index contributed by atoms with van der Waals surface area (Å²) >= 11 is 8.30. The van der Waals surface area contributed by atoms with E-state index in [0.717, 1.165) is 12.1 Å². The second-order valence-electron chi connectivity index (χ2n) is 2.75. The molecule has 1 aromatic carbocycles. The van der Waals surface area contributed by atoms with Crippen LogP contribution in [0.15, 0.2) is 28.8 Å². The molecule has 0 saturated carbocycles. The zero-order chi connectivity index (χ0) is 11.3. The summed E-state index contributed by atoms with van der Waals surface area (Å²) in [6, 6.07) is 2.19. The molecule has 0 aliphatic heterocycles. The average Bonchev–Trinajstić information content (AvgIpc) is 2.20. The van der Waals surface area contributed by atoms with Crippen LogP contribution in [0.4, 0.5) is 14.5 Å². The minimum atomic E-state index is -0.500.